The molecule has 0 spiro atoms. The van der Waals surface area contributed by atoms with Crippen LogP contribution in [0.15, 0.2) is 52.7 Å². The van der Waals surface area contributed by atoms with Gasteiger partial charge in [0.2, 0.25) is 10.0 Å². The highest BCUT2D eigenvalue weighted by molar-refractivity contribution is 7.89. The molecule has 132 valence electrons. The molecule has 2 heterocycles. The first-order valence-electron chi connectivity index (χ1n) is 7.71. The number of rotatable bonds is 7. The summed E-state index contributed by atoms with van der Waals surface area (Å²) in [5, 5.41) is 6.55. The zero-order valence-corrected chi connectivity index (χ0v) is 15.6. The van der Waals surface area contributed by atoms with Crippen molar-refractivity contribution in [1.29, 1.82) is 0 Å². The molecule has 0 saturated heterocycles. The van der Waals surface area contributed by atoms with E-state index in [1.807, 2.05) is 35.2 Å². The fourth-order valence-corrected chi connectivity index (χ4v) is 4.11. The van der Waals surface area contributed by atoms with Gasteiger partial charge in [-0.15, -0.1) is 11.3 Å². The Bertz CT molecular complexity index is 930. The zero-order valence-electron chi connectivity index (χ0n) is 14.0. The first-order chi connectivity index (χ1) is 12.0. The van der Waals surface area contributed by atoms with Gasteiger partial charge in [-0.1, -0.05) is 6.07 Å². The fraction of sp³-hybridized carbons (Fsp3) is 0.235. The van der Waals surface area contributed by atoms with E-state index in [9.17, 15) is 8.42 Å². The van der Waals surface area contributed by atoms with Gasteiger partial charge in [0.05, 0.1) is 23.4 Å². The van der Waals surface area contributed by atoms with E-state index in [0.29, 0.717) is 12.3 Å². The number of aromatic nitrogens is 2. The predicted molar refractivity (Wildman–Crippen MR) is 98.5 cm³/mol. The summed E-state index contributed by atoms with van der Waals surface area (Å²) in [6.45, 7) is 2.69. The third-order valence-corrected chi connectivity index (χ3v) is 6.11. The molecule has 2 aromatic heterocycles. The number of benzene rings is 1. The number of sulfonamides is 1. The van der Waals surface area contributed by atoms with Crippen LogP contribution in [0, 0.1) is 6.92 Å². The lowest BCUT2D eigenvalue weighted by molar-refractivity contribution is 0.414. The maximum atomic E-state index is 12.3. The van der Waals surface area contributed by atoms with E-state index in [1.54, 1.807) is 30.6 Å². The van der Waals surface area contributed by atoms with Gasteiger partial charge < -0.3 is 4.74 Å². The summed E-state index contributed by atoms with van der Waals surface area (Å²) in [5.41, 5.74) is 1.90. The predicted octanol–water partition coefficient (Wildman–Crippen LogP) is 2.91. The van der Waals surface area contributed by atoms with Gasteiger partial charge in [-0.3, -0.25) is 4.68 Å². The molecule has 0 aliphatic carbocycles. The standard InChI is InChI=1S/C17H19N3O3S2/c1-13-12-16(17-4-3-11-24-17)19-20(13)10-9-18-25(21,22)15-7-5-14(23-2)6-8-15/h3-8,11-12,18H,9-10H2,1-2H3. The van der Waals surface area contributed by atoms with Gasteiger partial charge in [0, 0.05) is 12.2 Å². The summed E-state index contributed by atoms with van der Waals surface area (Å²) >= 11 is 1.63. The van der Waals surface area contributed by atoms with E-state index in [2.05, 4.69) is 9.82 Å². The second kappa shape index (κ2) is 7.38. The van der Waals surface area contributed by atoms with Crippen molar-refractivity contribution >= 4 is 21.4 Å². The molecule has 0 atom stereocenters. The molecule has 3 aromatic rings. The van der Waals surface area contributed by atoms with Crippen LogP contribution in [0.4, 0.5) is 0 Å². The highest BCUT2D eigenvalue weighted by atomic mass is 32.2. The number of aryl methyl sites for hydroxylation is 1. The topological polar surface area (TPSA) is 73.2 Å². The van der Waals surface area contributed by atoms with Gasteiger partial charge >= 0.3 is 0 Å². The molecule has 0 radical (unpaired) electrons. The van der Waals surface area contributed by atoms with Crippen LogP contribution >= 0.6 is 11.3 Å². The molecule has 25 heavy (non-hydrogen) atoms. The minimum absolute atomic E-state index is 0.213. The van der Waals surface area contributed by atoms with Crippen molar-refractivity contribution in [3.05, 3.63) is 53.5 Å². The Kier molecular flexibility index (Phi) is 5.22. The molecule has 6 nitrogen and oxygen atoms in total. The average Bonchev–Trinajstić information content (AvgIpc) is 3.25. The monoisotopic (exact) mass is 377 g/mol. The number of methoxy groups -OCH3 is 1. The Morgan fingerprint density at radius 1 is 1.24 bits per heavy atom. The first-order valence-corrected chi connectivity index (χ1v) is 10.1. The molecule has 0 saturated carbocycles. The van der Waals surface area contributed by atoms with Crippen molar-refractivity contribution in [1.82, 2.24) is 14.5 Å². The number of thiophene rings is 1. The highest BCUT2D eigenvalue weighted by Gasteiger charge is 2.14. The van der Waals surface area contributed by atoms with Crippen molar-refractivity contribution in [3.63, 3.8) is 0 Å². The molecule has 0 unspecified atom stereocenters. The number of nitrogens with zero attached hydrogens (tertiary/aromatic N) is 2. The lowest BCUT2D eigenvalue weighted by atomic mass is 10.3. The maximum absolute atomic E-state index is 12.3. The molecular formula is C17H19N3O3S2. The Hall–Kier alpha value is -2.16. The van der Waals surface area contributed by atoms with Gasteiger partial charge in [-0.25, -0.2) is 13.1 Å². The molecular weight excluding hydrogens is 358 g/mol. The van der Waals surface area contributed by atoms with Crippen molar-refractivity contribution < 1.29 is 13.2 Å². The average molecular weight is 377 g/mol. The number of hydrogen-bond donors (Lipinski definition) is 1. The van der Waals surface area contributed by atoms with Crippen molar-refractivity contribution in [3.8, 4) is 16.3 Å². The molecule has 0 fully saturated rings. The van der Waals surface area contributed by atoms with Crippen molar-refractivity contribution in [2.24, 2.45) is 0 Å². The molecule has 0 bridgehead atoms. The van der Waals surface area contributed by atoms with Gasteiger partial charge in [-0.05, 0) is 48.7 Å². The quantitative estimate of drug-likeness (QED) is 0.687. The lowest BCUT2D eigenvalue weighted by Gasteiger charge is -2.08. The van der Waals surface area contributed by atoms with E-state index in [4.69, 9.17) is 4.74 Å². The highest BCUT2D eigenvalue weighted by Crippen LogP contribution is 2.23. The minimum Gasteiger partial charge on any atom is -0.497 e. The largest absolute Gasteiger partial charge is 0.497 e. The number of nitrogens with one attached hydrogen (secondary N) is 1. The Balaban J connectivity index is 1.64. The van der Waals surface area contributed by atoms with Gasteiger partial charge in [0.15, 0.2) is 0 Å². The second-order valence-corrected chi connectivity index (χ2v) is 8.16. The van der Waals surface area contributed by atoms with Crippen LogP contribution in [0.1, 0.15) is 5.69 Å². The summed E-state index contributed by atoms with van der Waals surface area (Å²) in [7, 11) is -2.01. The van der Waals surface area contributed by atoms with Crippen LogP contribution in [0.3, 0.4) is 0 Å². The van der Waals surface area contributed by atoms with Crippen molar-refractivity contribution in [2.75, 3.05) is 13.7 Å². The maximum Gasteiger partial charge on any atom is 0.240 e. The molecule has 0 amide bonds. The van der Waals surface area contributed by atoms with Crippen LogP contribution in [-0.4, -0.2) is 31.9 Å². The summed E-state index contributed by atoms with van der Waals surface area (Å²) in [4.78, 5) is 1.31. The van der Waals surface area contributed by atoms with Crippen LogP contribution in [0.25, 0.3) is 10.6 Å². The van der Waals surface area contributed by atoms with E-state index < -0.39 is 10.0 Å². The Labute approximate surface area is 151 Å². The molecule has 0 aliphatic heterocycles. The van der Waals surface area contributed by atoms with E-state index in [-0.39, 0.29) is 11.4 Å². The minimum atomic E-state index is -3.55. The zero-order chi connectivity index (χ0) is 17.9. The number of hydrogen-bond acceptors (Lipinski definition) is 5. The Morgan fingerprint density at radius 3 is 2.64 bits per heavy atom. The molecule has 3 rings (SSSR count). The Morgan fingerprint density at radius 2 is 2.00 bits per heavy atom. The van der Waals surface area contributed by atoms with Crippen LogP contribution in [-0.2, 0) is 16.6 Å². The molecule has 8 heteroatoms. The van der Waals surface area contributed by atoms with Crippen LogP contribution in [0.5, 0.6) is 5.75 Å². The van der Waals surface area contributed by atoms with E-state index >= 15 is 0 Å². The van der Waals surface area contributed by atoms with Gasteiger partial charge in [-0.2, -0.15) is 5.10 Å². The molecule has 1 N–H and O–H groups in total. The van der Waals surface area contributed by atoms with Crippen LogP contribution in [0.2, 0.25) is 0 Å². The SMILES string of the molecule is COc1ccc(S(=O)(=O)NCCn2nc(-c3cccs3)cc2C)cc1. The summed E-state index contributed by atoms with van der Waals surface area (Å²) in [6.07, 6.45) is 0. The number of ether oxygens (including phenoxy) is 1. The third kappa shape index (κ3) is 4.09. The van der Waals surface area contributed by atoms with E-state index in [0.717, 1.165) is 16.3 Å². The first kappa shape index (κ1) is 17.7. The summed E-state index contributed by atoms with van der Waals surface area (Å²) in [5.74, 6) is 0.618. The lowest BCUT2D eigenvalue weighted by Crippen LogP contribution is -2.28. The third-order valence-electron chi connectivity index (χ3n) is 3.74. The fourth-order valence-electron chi connectivity index (χ4n) is 2.41. The molecule has 0 aliphatic rings. The summed E-state index contributed by atoms with van der Waals surface area (Å²) in [6, 6.07) is 12.3. The van der Waals surface area contributed by atoms with Gasteiger partial charge in [0.25, 0.3) is 0 Å². The van der Waals surface area contributed by atoms with Crippen molar-refractivity contribution in [2.45, 2.75) is 18.4 Å². The molecule has 1 aromatic carbocycles. The van der Waals surface area contributed by atoms with Gasteiger partial charge in [0.1, 0.15) is 11.4 Å². The normalized spacial score (nSPS) is 11.6. The smallest absolute Gasteiger partial charge is 0.240 e. The second-order valence-electron chi connectivity index (χ2n) is 5.44. The van der Waals surface area contributed by atoms with E-state index in [1.165, 1.54) is 12.1 Å². The summed E-state index contributed by atoms with van der Waals surface area (Å²) < 4.78 is 34.1. The van der Waals surface area contributed by atoms with Crippen LogP contribution < -0.4 is 9.46 Å².